The summed E-state index contributed by atoms with van der Waals surface area (Å²) in [5.74, 6) is -0.00810. The van der Waals surface area contributed by atoms with Gasteiger partial charge >= 0.3 is 6.03 Å². The molecule has 1 saturated heterocycles. The lowest BCUT2D eigenvalue weighted by Gasteiger charge is -2.33. The Bertz CT molecular complexity index is 267. The SMILES string of the molecule is CN(C)C(=O)N1CCOC(C(N)=NO)C1. The van der Waals surface area contributed by atoms with Crippen LogP contribution in [0.5, 0.6) is 0 Å². The van der Waals surface area contributed by atoms with Crippen LogP contribution in [0.2, 0.25) is 0 Å². The zero-order valence-electron chi connectivity index (χ0n) is 8.88. The first kappa shape index (κ1) is 11.6. The highest BCUT2D eigenvalue weighted by atomic mass is 16.5. The predicted octanol–water partition coefficient (Wildman–Crippen LogP) is -0.885. The van der Waals surface area contributed by atoms with Crippen molar-refractivity contribution in [2.45, 2.75) is 6.10 Å². The second-order valence-electron chi connectivity index (χ2n) is 3.51. The van der Waals surface area contributed by atoms with Crippen molar-refractivity contribution in [1.29, 1.82) is 0 Å². The van der Waals surface area contributed by atoms with Crippen molar-refractivity contribution in [3.05, 3.63) is 0 Å². The van der Waals surface area contributed by atoms with Crippen molar-refractivity contribution in [1.82, 2.24) is 9.80 Å². The zero-order chi connectivity index (χ0) is 11.4. The van der Waals surface area contributed by atoms with Crippen molar-refractivity contribution < 1.29 is 14.7 Å². The van der Waals surface area contributed by atoms with Crippen molar-refractivity contribution in [3.63, 3.8) is 0 Å². The number of urea groups is 1. The number of carbonyl (C=O) groups excluding carboxylic acids is 1. The average molecular weight is 216 g/mol. The third kappa shape index (κ3) is 2.72. The normalized spacial score (nSPS) is 22.7. The molecule has 1 aliphatic rings. The number of nitrogens with two attached hydrogens (primary N) is 1. The van der Waals surface area contributed by atoms with Gasteiger partial charge in [0.15, 0.2) is 5.84 Å². The fraction of sp³-hybridized carbons (Fsp3) is 0.750. The van der Waals surface area contributed by atoms with Crippen molar-refractivity contribution in [3.8, 4) is 0 Å². The molecule has 0 aromatic heterocycles. The second kappa shape index (κ2) is 4.83. The van der Waals surface area contributed by atoms with Gasteiger partial charge in [0.1, 0.15) is 6.10 Å². The molecule has 0 aliphatic carbocycles. The van der Waals surface area contributed by atoms with E-state index in [0.29, 0.717) is 19.7 Å². The molecule has 1 heterocycles. The molecule has 0 saturated carbocycles. The molecule has 7 heteroatoms. The first-order valence-electron chi connectivity index (χ1n) is 4.61. The van der Waals surface area contributed by atoms with Gasteiger partial charge in [0, 0.05) is 20.6 Å². The van der Waals surface area contributed by atoms with Gasteiger partial charge in [0.25, 0.3) is 0 Å². The Kier molecular flexibility index (Phi) is 3.73. The molecule has 0 spiro atoms. The molecule has 0 aromatic rings. The summed E-state index contributed by atoms with van der Waals surface area (Å²) in [4.78, 5) is 14.7. The molecule has 15 heavy (non-hydrogen) atoms. The minimum absolute atomic E-state index is 0.00810. The van der Waals surface area contributed by atoms with Crippen LogP contribution in [0, 0.1) is 0 Å². The minimum Gasteiger partial charge on any atom is -0.409 e. The van der Waals surface area contributed by atoms with Gasteiger partial charge in [-0.3, -0.25) is 0 Å². The summed E-state index contributed by atoms with van der Waals surface area (Å²) < 4.78 is 5.26. The van der Waals surface area contributed by atoms with Crippen LogP contribution in [0.1, 0.15) is 0 Å². The summed E-state index contributed by atoms with van der Waals surface area (Å²) in [5.41, 5.74) is 5.41. The standard InChI is InChI=1S/C8H16N4O3/c1-11(2)8(13)12-3-4-15-6(5-12)7(9)10-14/h6,14H,3-5H2,1-2H3,(H2,9,10). The van der Waals surface area contributed by atoms with Crippen LogP contribution < -0.4 is 5.73 Å². The first-order chi connectivity index (χ1) is 7.06. The molecule has 7 nitrogen and oxygen atoms in total. The molecular formula is C8H16N4O3. The maximum Gasteiger partial charge on any atom is 0.319 e. The second-order valence-corrected chi connectivity index (χ2v) is 3.51. The number of amides is 2. The molecule has 0 aromatic carbocycles. The van der Waals surface area contributed by atoms with Crippen molar-refractivity contribution >= 4 is 11.9 Å². The van der Waals surface area contributed by atoms with Gasteiger partial charge in [-0.1, -0.05) is 5.16 Å². The number of rotatable bonds is 1. The van der Waals surface area contributed by atoms with E-state index in [0.717, 1.165) is 0 Å². The number of carbonyl (C=O) groups is 1. The van der Waals surface area contributed by atoms with E-state index in [4.69, 9.17) is 15.7 Å². The Morgan fingerprint density at radius 2 is 2.33 bits per heavy atom. The first-order valence-corrected chi connectivity index (χ1v) is 4.61. The van der Waals surface area contributed by atoms with Crippen LogP contribution in [0.15, 0.2) is 5.16 Å². The van der Waals surface area contributed by atoms with E-state index in [2.05, 4.69) is 5.16 Å². The summed E-state index contributed by atoms with van der Waals surface area (Å²) >= 11 is 0. The molecule has 86 valence electrons. The molecule has 1 rings (SSSR count). The fourth-order valence-corrected chi connectivity index (χ4v) is 1.35. The van der Waals surface area contributed by atoms with Crippen molar-refractivity contribution in [2.24, 2.45) is 10.9 Å². The maximum absolute atomic E-state index is 11.6. The zero-order valence-corrected chi connectivity index (χ0v) is 8.88. The van der Waals surface area contributed by atoms with Crippen LogP contribution in [0.4, 0.5) is 4.79 Å². The number of amidine groups is 1. The summed E-state index contributed by atoms with van der Waals surface area (Å²) in [5, 5.41) is 11.4. The van der Waals surface area contributed by atoms with E-state index in [1.165, 1.54) is 4.90 Å². The van der Waals surface area contributed by atoms with E-state index >= 15 is 0 Å². The quantitative estimate of drug-likeness (QED) is 0.257. The predicted molar refractivity (Wildman–Crippen MR) is 53.8 cm³/mol. The number of nitrogens with zero attached hydrogens (tertiary/aromatic N) is 3. The minimum atomic E-state index is -0.521. The van der Waals surface area contributed by atoms with E-state index in [9.17, 15) is 4.79 Å². The fourth-order valence-electron chi connectivity index (χ4n) is 1.35. The molecule has 1 unspecified atom stereocenters. The molecule has 1 aliphatic heterocycles. The van der Waals surface area contributed by atoms with Crippen LogP contribution in [-0.4, -0.2) is 66.8 Å². The Labute approximate surface area is 88.1 Å². The van der Waals surface area contributed by atoms with Gasteiger partial charge in [-0.25, -0.2) is 4.79 Å². The number of ether oxygens (including phenoxy) is 1. The molecule has 2 amide bonds. The third-order valence-corrected chi connectivity index (χ3v) is 2.16. The van der Waals surface area contributed by atoms with Gasteiger partial charge in [-0.15, -0.1) is 0 Å². The summed E-state index contributed by atoms with van der Waals surface area (Å²) in [6, 6.07) is -0.103. The molecular weight excluding hydrogens is 200 g/mol. The lowest BCUT2D eigenvalue weighted by molar-refractivity contribution is 0.0152. The molecule has 0 bridgehead atoms. The molecule has 0 radical (unpaired) electrons. The number of oxime groups is 1. The topological polar surface area (TPSA) is 91.4 Å². The number of morpholine rings is 1. The molecule has 1 atom stereocenters. The highest BCUT2D eigenvalue weighted by Crippen LogP contribution is 2.07. The smallest absolute Gasteiger partial charge is 0.319 e. The highest BCUT2D eigenvalue weighted by molar-refractivity contribution is 5.85. The van der Waals surface area contributed by atoms with E-state index in [-0.39, 0.29) is 11.9 Å². The molecule has 3 N–H and O–H groups in total. The monoisotopic (exact) mass is 216 g/mol. The Balaban J connectivity index is 2.60. The number of hydrogen-bond donors (Lipinski definition) is 2. The van der Waals surface area contributed by atoms with Gasteiger partial charge in [0.05, 0.1) is 13.2 Å². The summed E-state index contributed by atoms with van der Waals surface area (Å²) in [6.07, 6.45) is -0.521. The van der Waals surface area contributed by atoms with Gasteiger partial charge in [-0.2, -0.15) is 0 Å². The average Bonchev–Trinajstić information content (AvgIpc) is 2.27. The Morgan fingerprint density at radius 1 is 1.67 bits per heavy atom. The van der Waals surface area contributed by atoms with Crippen LogP contribution in [-0.2, 0) is 4.74 Å². The van der Waals surface area contributed by atoms with Crippen LogP contribution in [0.3, 0.4) is 0 Å². The molecule has 1 fully saturated rings. The lowest BCUT2D eigenvalue weighted by atomic mass is 10.2. The van der Waals surface area contributed by atoms with Crippen LogP contribution >= 0.6 is 0 Å². The van der Waals surface area contributed by atoms with Crippen LogP contribution in [0.25, 0.3) is 0 Å². The van der Waals surface area contributed by atoms with Crippen molar-refractivity contribution in [2.75, 3.05) is 33.8 Å². The van der Waals surface area contributed by atoms with Gasteiger partial charge in [-0.05, 0) is 0 Å². The van der Waals surface area contributed by atoms with E-state index < -0.39 is 6.10 Å². The number of hydrogen-bond acceptors (Lipinski definition) is 4. The highest BCUT2D eigenvalue weighted by Gasteiger charge is 2.27. The van der Waals surface area contributed by atoms with Gasteiger partial charge in [0.2, 0.25) is 0 Å². The third-order valence-electron chi connectivity index (χ3n) is 2.16. The lowest BCUT2D eigenvalue weighted by Crippen LogP contribution is -2.52. The Morgan fingerprint density at radius 3 is 2.87 bits per heavy atom. The Hall–Kier alpha value is -1.50. The van der Waals surface area contributed by atoms with E-state index in [1.54, 1.807) is 19.0 Å². The largest absolute Gasteiger partial charge is 0.409 e. The van der Waals surface area contributed by atoms with Gasteiger partial charge < -0.3 is 25.5 Å². The maximum atomic E-state index is 11.6. The summed E-state index contributed by atoms with van der Waals surface area (Å²) in [6.45, 7) is 1.22. The van der Waals surface area contributed by atoms with E-state index in [1.807, 2.05) is 0 Å². The summed E-state index contributed by atoms with van der Waals surface area (Å²) in [7, 11) is 3.35.